The minimum Gasteiger partial charge on any atom is -0.501 e. The molecule has 0 spiro atoms. The number of amides is 2. The van der Waals surface area contributed by atoms with Crippen LogP contribution in [0.1, 0.15) is 22.8 Å². The van der Waals surface area contributed by atoms with E-state index in [0.717, 1.165) is 9.37 Å². The van der Waals surface area contributed by atoms with Gasteiger partial charge in [0.15, 0.2) is 0 Å². The number of hydrogen-bond acceptors (Lipinski definition) is 4. The third kappa shape index (κ3) is 2.77. The Balaban J connectivity index is 2.14. The number of benzene rings is 1. The first-order chi connectivity index (χ1) is 11.1. The van der Waals surface area contributed by atoms with Crippen LogP contribution in [0.3, 0.4) is 0 Å². The van der Waals surface area contributed by atoms with E-state index >= 15 is 0 Å². The molecule has 0 radical (unpaired) electrons. The number of pyridine rings is 1. The molecular weight excluding hydrogens is 360 g/mol. The molecule has 1 aliphatic rings. The van der Waals surface area contributed by atoms with E-state index in [1.165, 1.54) is 6.26 Å². The van der Waals surface area contributed by atoms with E-state index in [2.05, 4.69) is 20.9 Å². The fourth-order valence-electron chi connectivity index (χ4n) is 2.34. The topological polar surface area (TPSA) is 59.5 Å². The number of anilines is 1. The second-order valence-electron chi connectivity index (χ2n) is 4.81. The van der Waals surface area contributed by atoms with E-state index in [1.807, 2.05) is 6.92 Å². The van der Waals surface area contributed by atoms with E-state index in [-0.39, 0.29) is 5.82 Å². The molecule has 116 valence electrons. The van der Waals surface area contributed by atoms with Gasteiger partial charge in [-0.1, -0.05) is 18.2 Å². The van der Waals surface area contributed by atoms with Gasteiger partial charge < -0.3 is 4.74 Å². The molecule has 23 heavy (non-hydrogen) atoms. The molecule has 3 rings (SSSR count). The van der Waals surface area contributed by atoms with Crippen molar-refractivity contribution in [1.29, 1.82) is 0 Å². The van der Waals surface area contributed by atoms with Crippen molar-refractivity contribution >= 4 is 39.1 Å². The molecule has 0 bridgehead atoms. The summed E-state index contributed by atoms with van der Waals surface area (Å²) in [7, 11) is 0. The lowest BCUT2D eigenvalue weighted by molar-refractivity contribution is -0.113. The van der Waals surface area contributed by atoms with E-state index < -0.39 is 11.8 Å². The lowest BCUT2D eigenvalue weighted by Gasteiger charge is -2.27. The number of rotatable bonds is 3. The lowest BCUT2D eigenvalue weighted by atomic mass is 9.94. The van der Waals surface area contributed by atoms with Gasteiger partial charge in [0.2, 0.25) is 0 Å². The van der Waals surface area contributed by atoms with Crippen molar-refractivity contribution in [1.82, 2.24) is 4.98 Å². The third-order valence-electron chi connectivity index (χ3n) is 3.39. The van der Waals surface area contributed by atoms with Crippen LogP contribution in [0.2, 0.25) is 0 Å². The zero-order valence-corrected chi connectivity index (χ0v) is 13.9. The first kappa shape index (κ1) is 15.4. The lowest BCUT2D eigenvalue weighted by Crippen LogP contribution is -2.42. The summed E-state index contributed by atoms with van der Waals surface area (Å²) >= 11 is 3.29. The average molecular weight is 373 g/mol. The molecule has 0 saturated heterocycles. The van der Waals surface area contributed by atoms with Crippen LogP contribution < -0.4 is 4.90 Å². The van der Waals surface area contributed by atoms with Gasteiger partial charge in [-0.05, 0) is 41.1 Å². The Morgan fingerprint density at radius 2 is 1.87 bits per heavy atom. The smallest absolute Gasteiger partial charge is 0.270 e. The molecule has 1 aromatic carbocycles. The van der Waals surface area contributed by atoms with Crippen molar-refractivity contribution in [2.45, 2.75) is 6.92 Å². The highest BCUT2D eigenvalue weighted by molar-refractivity contribution is 9.10. The largest absolute Gasteiger partial charge is 0.501 e. The molecule has 1 aliphatic heterocycles. The van der Waals surface area contributed by atoms with E-state index in [9.17, 15) is 9.59 Å². The summed E-state index contributed by atoms with van der Waals surface area (Å²) in [5, 5.41) is 0. The molecule has 2 aromatic rings. The molecule has 0 atom stereocenters. The van der Waals surface area contributed by atoms with Crippen LogP contribution in [0.4, 0.5) is 5.82 Å². The van der Waals surface area contributed by atoms with Gasteiger partial charge in [-0.2, -0.15) is 0 Å². The molecule has 0 unspecified atom stereocenters. The summed E-state index contributed by atoms with van der Waals surface area (Å²) in [6.45, 7) is 2.26. The van der Waals surface area contributed by atoms with Gasteiger partial charge in [-0.25, -0.2) is 9.88 Å². The molecule has 6 heteroatoms. The van der Waals surface area contributed by atoms with Crippen LogP contribution in [0.5, 0.6) is 0 Å². The quantitative estimate of drug-likeness (QED) is 0.470. The van der Waals surface area contributed by atoms with Gasteiger partial charge in [0.1, 0.15) is 5.82 Å². The summed E-state index contributed by atoms with van der Waals surface area (Å²) < 4.78 is 6.06. The fraction of sp³-hybridized carbons (Fsp3) is 0.118. The summed E-state index contributed by atoms with van der Waals surface area (Å²) in [5.74, 6) is -0.564. The van der Waals surface area contributed by atoms with Crippen LogP contribution in [0, 0.1) is 0 Å². The van der Waals surface area contributed by atoms with E-state index in [1.54, 1.807) is 42.6 Å². The molecule has 0 N–H and O–H groups in total. The number of aromatic nitrogens is 1. The second-order valence-corrected chi connectivity index (χ2v) is 5.73. The summed E-state index contributed by atoms with van der Waals surface area (Å²) in [5.41, 5.74) is 1.36. The zero-order valence-electron chi connectivity index (χ0n) is 12.3. The van der Waals surface area contributed by atoms with Crippen molar-refractivity contribution in [2.75, 3.05) is 11.5 Å². The van der Waals surface area contributed by atoms with Crippen LogP contribution >= 0.6 is 15.9 Å². The summed E-state index contributed by atoms with van der Waals surface area (Å²) in [4.78, 5) is 30.7. The highest BCUT2D eigenvalue weighted by Gasteiger charge is 2.36. The van der Waals surface area contributed by atoms with Crippen LogP contribution in [-0.2, 0) is 9.53 Å². The minimum absolute atomic E-state index is 0.278. The Kier molecular flexibility index (Phi) is 4.25. The molecule has 5 nitrogen and oxygen atoms in total. The van der Waals surface area contributed by atoms with Crippen molar-refractivity contribution in [3.05, 3.63) is 64.5 Å². The fourth-order valence-corrected chi connectivity index (χ4v) is 2.58. The van der Waals surface area contributed by atoms with Crippen molar-refractivity contribution in [3.63, 3.8) is 0 Å². The molecule has 0 saturated carbocycles. The average Bonchev–Trinajstić information content (AvgIpc) is 2.57. The predicted octanol–water partition coefficient (Wildman–Crippen LogP) is 3.41. The Labute approximate surface area is 141 Å². The number of ether oxygens (including phenoxy) is 1. The Morgan fingerprint density at radius 1 is 1.13 bits per heavy atom. The normalized spacial score (nSPS) is 15.7. The maximum Gasteiger partial charge on any atom is 0.270 e. The number of carbonyl (C=O) groups is 2. The van der Waals surface area contributed by atoms with Crippen molar-refractivity contribution in [2.24, 2.45) is 0 Å². The van der Waals surface area contributed by atoms with E-state index in [4.69, 9.17) is 4.74 Å². The molecule has 0 aliphatic carbocycles. The van der Waals surface area contributed by atoms with Gasteiger partial charge in [-0.15, -0.1) is 0 Å². The molecule has 1 aromatic heterocycles. The highest BCUT2D eigenvalue weighted by Crippen LogP contribution is 2.31. The van der Waals surface area contributed by atoms with Crippen molar-refractivity contribution in [3.8, 4) is 0 Å². The van der Waals surface area contributed by atoms with Gasteiger partial charge in [0.05, 0.1) is 18.4 Å². The van der Waals surface area contributed by atoms with Crippen LogP contribution in [0.15, 0.2) is 53.3 Å². The maximum absolute atomic E-state index is 12.8. The number of nitrogens with zero attached hydrogens (tertiary/aromatic N) is 2. The summed E-state index contributed by atoms with van der Waals surface area (Å²) in [6.07, 6.45) is 2.95. The van der Waals surface area contributed by atoms with E-state index in [0.29, 0.717) is 23.3 Å². The van der Waals surface area contributed by atoms with Gasteiger partial charge in [0, 0.05) is 21.8 Å². The van der Waals surface area contributed by atoms with Crippen LogP contribution in [-0.4, -0.2) is 23.4 Å². The maximum atomic E-state index is 12.8. The Bertz CT molecular complexity index is 800. The molecule has 2 amide bonds. The number of hydrogen-bond donors (Lipinski definition) is 0. The van der Waals surface area contributed by atoms with Crippen LogP contribution in [0.25, 0.3) is 5.57 Å². The standard InChI is InChI=1S/C17H13BrN2O3/c1-2-23-10-14-12-5-3-4-6-13(12)16(21)20(17(14)22)15-8-7-11(18)9-19-15/h3-10H,2H2,1H3. The SMILES string of the molecule is CCOC=C1C(=O)N(c2ccc(Br)cn2)C(=O)c2ccccc21. The highest BCUT2D eigenvalue weighted by atomic mass is 79.9. The zero-order chi connectivity index (χ0) is 16.4. The molecule has 0 fully saturated rings. The number of imide groups is 1. The second kappa shape index (κ2) is 6.34. The third-order valence-corrected chi connectivity index (χ3v) is 3.86. The molecular formula is C17H13BrN2O3. The monoisotopic (exact) mass is 372 g/mol. The minimum atomic E-state index is -0.447. The van der Waals surface area contributed by atoms with Crippen molar-refractivity contribution < 1.29 is 14.3 Å². The number of carbonyl (C=O) groups excluding carboxylic acids is 2. The van der Waals surface area contributed by atoms with Gasteiger partial charge >= 0.3 is 0 Å². The number of halogens is 1. The van der Waals surface area contributed by atoms with Gasteiger partial charge in [-0.3, -0.25) is 9.59 Å². The Hall–Kier alpha value is -2.47. The first-order valence-electron chi connectivity index (χ1n) is 7.05. The van der Waals surface area contributed by atoms with Gasteiger partial charge in [0.25, 0.3) is 11.8 Å². The first-order valence-corrected chi connectivity index (χ1v) is 7.84. The summed E-state index contributed by atoms with van der Waals surface area (Å²) in [6, 6.07) is 10.3. The number of fused-ring (bicyclic) bond motifs is 1. The Morgan fingerprint density at radius 3 is 2.52 bits per heavy atom. The predicted molar refractivity (Wildman–Crippen MR) is 89.8 cm³/mol. The molecule has 2 heterocycles.